The summed E-state index contributed by atoms with van der Waals surface area (Å²) in [4.78, 5) is 28.1. The van der Waals surface area contributed by atoms with Crippen LogP contribution in [-0.4, -0.2) is 67.6 Å². The molecule has 140 valence electrons. The molecule has 6 nitrogen and oxygen atoms in total. The SMILES string of the molecule is CN(C)CCN(CC(=O)OC(C)(C)C)C(=O)CNc1ccccc1Cl. The second-order valence-corrected chi connectivity index (χ2v) is 7.45. The van der Waals surface area contributed by atoms with Crippen molar-refractivity contribution in [3.05, 3.63) is 29.3 Å². The van der Waals surface area contributed by atoms with Gasteiger partial charge in [-0.3, -0.25) is 9.59 Å². The molecule has 0 aliphatic carbocycles. The van der Waals surface area contributed by atoms with Gasteiger partial charge in [-0.1, -0.05) is 23.7 Å². The van der Waals surface area contributed by atoms with E-state index < -0.39 is 11.6 Å². The van der Waals surface area contributed by atoms with Crippen LogP contribution in [0.5, 0.6) is 0 Å². The lowest BCUT2D eigenvalue weighted by atomic mass is 10.2. The number of halogens is 1. The standard InChI is InChI=1S/C18H28ClN3O3/c1-18(2,3)25-17(24)13-22(11-10-21(4)5)16(23)12-20-15-9-7-6-8-14(15)19/h6-9,20H,10-13H2,1-5H3. The summed E-state index contributed by atoms with van der Waals surface area (Å²) in [6.45, 7) is 6.48. The molecule has 0 aliphatic heterocycles. The van der Waals surface area contributed by atoms with Crippen LogP contribution in [-0.2, 0) is 14.3 Å². The predicted molar refractivity (Wildman–Crippen MR) is 101 cm³/mol. The van der Waals surface area contributed by atoms with Crippen molar-refractivity contribution in [1.29, 1.82) is 0 Å². The number of hydrogen-bond donors (Lipinski definition) is 1. The first-order valence-electron chi connectivity index (χ1n) is 8.21. The van der Waals surface area contributed by atoms with Gasteiger partial charge in [-0.25, -0.2) is 0 Å². The normalized spacial score (nSPS) is 11.3. The van der Waals surface area contributed by atoms with Gasteiger partial charge in [0.05, 0.1) is 17.3 Å². The molecule has 0 fully saturated rings. The fourth-order valence-electron chi connectivity index (χ4n) is 2.03. The van der Waals surface area contributed by atoms with Crippen molar-refractivity contribution >= 4 is 29.2 Å². The minimum atomic E-state index is -0.580. The van der Waals surface area contributed by atoms with Gasteiger partial charge in [0, 0.05) is 13.1 Å². The Morgan fingerprint density at radius 1 is 1.16 bits per heavy atom. The number of likely N-dealkylation sites (N-methyl/N-ethyl adjacent to an activating group) is 1. The van der Waals surface area contributed by atoms with Crippen LogP contribution in [0.1, 0.15) is 20.8 Å². The summed E-state index contributed by atoms with van der Waals surface area (Å²) < 4.78 is 5.32. The number of carbonyl (C=O) groups is 2. The van der Waals surface area contributed by atoms with Crippen molar-refractivity contribution in [2.45, 2.75) is 26.4 Å². The molecule has 1 aromatic rings. The van der Waals surface area contributed by atoms with E-state index in [0.29, 0.717) is 23.8 Å². The van der Waals surface area contributed by atoms with E-state index in [0.717, 1.165) is 0 Å². The van der Waals surface area contributed by atoms with Crippen LogP contribution in [0, 0.1) is 0 Å². The highest BCUT2D eigenvalue weighted by atomic mass is 35.5. The largest absolute Gasteiger partial charge is 0.459 e. The molecular formula is C18H28ClN3O3. The summed E-state index contributed by atoms with van der Waals surface area (Å²) in [6, 6.07) is 7.21. The minimum Gasteiger partial charge on any atom is -0.459 e. The van der Waals surface area contributed by atoms with E-state index in [1.54, 1.807) is 32.9 Å². The number of carbonyl (C=O) groups excluding carboxylic acids is 2. The fourth-order valence-corrected chi connectivity index (χ4v) is 2.23. The second kappa shape index (κ2) is 9.63. The molecule has 1 aromatic carbocycles. The molecule has 25 heavy (non-hydrogen) atoms. The number of rotatable bonds is 8. The number of benzene rings is 1. The smallest absolute Gasteiger partial charge is 0.326 e. The first kappa shape index (κ1) is 21.3. The molecule has 0 aromatic heterocycles. The molecule has 0 atom stereocenters. The number of anilines is 1. The third-order valence-electron chi connectivity index (χ3n) is 3.21. The summed E-state index contributed by atoms with van der Waals surface area (Å²) >= 11 is 6.08. The Balaban J connectivity index is 2.68. The lowest BCUT2D eigenvalue weighted by Gasteiger charge is -2.26. The Bertz CT molecular complexity index is 585. The molecule has 0 unspecified atom stereocenters. The second-order valence-electron chi connectivity index (χ2n) is 7.04. The molecule has 1 amide bonds. The summed E-state index contributed by atoms with van der Waals surface area (Å²) in [5, 5.41) is 3.56. The van der Waals surface area contributed by atoms with E-state index in [4.69, 9.17) is 16.3 Å². The number of ether oxygens (including phenoxy) is 1. The van der Waals surface area contributed by atoms with Gasteiger partial charge in [0.25, 0.3) is 0 Å². The predicted octanol–water partition coefficient (Wildman–Crippen LogP) is 2.48. The molecule has 0 radical (unpaired) electrons. The van der Waals surface area contributed by atoms with Crippen LogP contribution in [0.15, 0.2) is 24.3 Å². The van der Waals surface area contributed by atoms with Crippen molar-refractivity contribution in [2.24, 2.45) is 0 Å². The number of amides is 1. The van der Waals surface area contributed by atoms with E-state index in [-0.39, 0.29) is 19.0 Å². The van der Waals surface area contributed by atoms with E-state index >= 15 is 0 Å². The zero-order chi connectivity index (χ0) is 19.0. The highest BCUT2D eigenvalue weighted by molar-refractivity contribution is 6.33. The fraction of sp³-hybridized carbons (Fsp3) is 0.556. The van der Waals surface area contributed by atoms with Gasteiger partial charge in [-0.2, -0.15) is 0 Å². The third kappa shape index (κ3) is 8.74. The maximum atomic E-state index is 12.5. The summed E-state index contributed by atoms with van der Waals surface area (Å²) in [6.07, 6.45) is 0. The monoisotopic (exact) mass is 369 g/mol. The topological polar surface area (TPSA) is 61.9 Å². The average Bonchev–Trinajstić information content (AvgIpc) is 2.48. The Hall–Kier alpha value is -1.79. The zero-order valence-corrected chi connectivity index (χ0v) is 16.4. The third-order valence-corrected chi connectivity index (χ3v) is 3.54. The molecule has 0 bridgehead atoms. The number of esters is 1. The van der Waals surface area contributed by atoms with Crippen LogP contribution >= 0.6 is 11.6 Å². The van der Waals surface area contributed by atoms with Gasteiger partial charge in [-0.05, 0) is 47.0 Å². The summed E-state index contributed by atoms with van der Waals surface area (Å²) in [7, 11) is 3.83. The van der Waals surface area contributed by atoms with Gasteiger partial charge >= 0.3 is 5.97 Å². The molecule has 1 rings (SSSR count). The van der Waals surface area contributed by atoms with Crippen molar-refractivity contribution in [2.75, 3.05) is 45.6 Å². The first-order chi connectivity index (χ1) is 11.6. The quantitative estimate of drug-likeness (QED) is 0.713. The molecule has 0 saturated heterocycles. The Morgan fingerprint density at radius 3 is 2.36 bits per heavy atom. The maximum absolute atomic E-state index is 12.5. The van der Waals surface area contributed by atoms with Gasteiger partial charge < -0.3 is 19.9 Å². The van der Waals surface area contributed by atoms with E-state index in [1.165, 1.54) is 4.90 Å². The average molecular weight is 370 g/mol. The van der Waals surface area contributed by atoms with Crippen LogP contribution < -0.4 is 5.32 Å². The van der Waals surface area contributed by atoms with Crippen molar-refractivity contribution in [1.82, 2.24) is 9.80 Å². The van der Waals surface area contributed by atoms with Crippen LogP contribution in [0.25, 0.3) is 0 Å². The van der Waals surface area contributed by atoms with E-state index in [1.807, 2.05) is 31.1 Å². The zero-order valence-electron chi connectivity index (χ0n) is 15.6. The molecule has 7 heteroatoms. The van der Waals surface area contributed by atoms with Crippen LogP contribution in [0.3, 0.4) is 0 Å². The van der Waals surface area contributed by atoms with Crippen molar-refractivity contribution < 1.29 is 14.3 Å². The molecule has 0 aliphatic rings. The van der Waals surface area contributed by atoms with Crippen LogP contribution in [0.2, 0.25) is 5.02 Å². The lowest BCUT2D eigenvalue weighted by molar-refractivity contribution is -0.158. The van der Waals surface area contributed by atoms with Gasteiger partial charge in [-0.15, -0.1) is 0 Å². The highest BCUT2D eigenvalue weighted by Crippen LogP contribution is 2.20. The summed E-state index contributed by atoms with van der Waals surface area (Å²) in [5.74, 6) is -0.607. The highest BCUT2D eigenvalue weighted by Gasteiger charge is 2.22. The molecular weight excluding hydrogens is 342 g/mol. The Kier molecular flexibility index (Phi) is 8.19. The molecule has 0 saturated carbocycles. The van der Waals surface area contributed by atoms with Gasteiger partial charge in [0.15, 0.2) is 0 Å². The number of hydrogen-bond acceptors (Lipinski definition) is 5. The van der Waals surface area contributed by atoms with Crippen molar-refractivity contribution in [3.63, 3.8) is 0 Å². The molecule has 1 N–H and O–H groups in total. The molecule has 0 spiro atoms. The molecule has 0 heterocycles. The maximum Gasteiger partial charge on any atom is 0.326 e. The van der Waals surface area contributed by atoms with Gasteiger partial charge in [0.2, 0.25) is 5.91 Å². The lowest BCUT2D eigenvalue weighted by Crippen LogP contribution is -2.44. The van der Waals surface area contributed by atoms with Crippen molar-refractivity contribution in [3.8, 4) is 0 Å². The number of nitrogens with zero attached hydrogens (tertiary/aromatic N) is 2. The van der Waals surface area contributed by atoms with E-state index in [9.17, 15) is 9.59 Å². The number of para-hydroxylation sites is 1. The minimum absolute atomic E-state index is 0.0555. The first-order valence-corrected chi connectivity index (χ1v) is 8.59. The summed E-state index contributed by atoms with van der Waals surface area (Å²) in [5.41, 5.74) is 0.103. The van der Waals surface area contributed by atoms with E-state index in [2.05, 4.69) is 5.32 Å². The Morgan fingerprint density at radius 2 is 1.80 bits per heavy atom. The van der Waals surface area contributed by atoms with Crippen LogP contribution in [0.4, 0.5) is 5.69 Å². The number of nitrogens with one attached hydrogen (secondary N) is 1. The van der Waals surface area contributed by atoms with Gasteiger partial charge in [0.1, 0.15) is 12.1 Å². The Labute approximate surface area is 155 Å².